The Hall–Kier alpha value is -1.69. The van der Waals surface area contributed by atoms with Crippen molar-refractivity contribution in [2.75, 3.05) is 11.9 Å². The van der Waals surface area contributed by atoms with E-state index in [9.17, 15) is 4.79 Å². The van der Waals surface area contributed by atoms with Crippen molar-refractivity contribution in [3.05, 3.63) is 18.1 Å². The van der Waals surface area contributed by atoms with E-state index < -0.39 is 5.97 Å². The van der Waals surface area contributed by atoms with E-state index in [1.807, 2.05) is 0 Å². The van der Waals surface area contributed by atoms with E-state index in [1.165, 1.54) is 12.4 Å². The molecule has 6 heteroatoms. The highest BCUT2D eigenvalue weighted by molar-refractivity contribution is 5.84. The van der Waals surface area contributed by atoms with Crippen LogP contribution in [-0.4, -0.2) is 39.3 Å². The van der Waals surface area contributed by atoms with Crippen LogP contribution in [0.2, 0.25) is 0 Å². The first-order valence-corrected chi connectivity index (χ1v) is 7.30. The summed E-state index contributed by atoms with van der Waals surface area (Å²) in [6, 6.07) is 0. The number of carbonyl (C=O) groups is 1. The van der Waals surface area contributed by atoms with Crippen LogP contribution in [0.5, 0.6) is 0 Å². The Morgan fingerprint density at radius 1 is 1.38 bits per heavy atom. The Bertz CT molecular complexity index is 476. The van der Waals surface area contributed by atoms with Crippen molar-refractivity contribution >= 4 is 11.8 Å². The standard InChI is InChI=1S/C15H23N3O3/c1-15(2,3)21-11-6-10(7-11)4-5-16-13-9-17-12(8-18-13)14(19)20/h8-11H,4-7H2,1-3H3,(H,16,18)(H,19,20). The summed E-state index contributed by atoms with van der Waals surface area (Å²) in [5.74, 6) is 0.242. The molecule has 1 aromatic heterocycles. The van der Waals surface area contributed by atoms with Crippen LogP contribution in [0.25, 0.3) is 0 Å². The summed E-state index contributed by atoms with van der Waals surface area (Å²) in [5, 5.41) is 11.9. The number of nitrogens with zero attached hydrogens (tertiary/aromatic N) is 2. The minimum Gasteiger partial charge on any atom is -0.476 e. The zero-order chi connectivity index (χ0) is 15.5. The molecular formula is C15H23N3O3. The van der Waals surface area contributed by atoms with Crippen LogP contribution in [0.15, 0.2) is 12.4 Å². The second-order valence-corrected chi connectivity index (χ2v) is 6.50. The van der Waals surface area contributed by atoms with Gasteiger partial charge in [0.25, 0.3) is 0 Å². The third-order valence-electron chi connectivity index (χ3n) is 3.44. The molecule has 0 saturated heterocycles. The van der Waals surface area contributed by atoms with Gasteiger partial charge in [-0.25, -0.2) is 14.8 Å². The average Bonchev–Trinajstić information content (AvgIpc) is 2.34. The van der Waals surface area contributed by atoms with Crippen molar-refractivity contribution in [2.24, 2.45) is 5.92 Å². The van der Waals surface area contributed by atoms with Gasteiger partial charge < -0.3 is 15.2 Å². The number of rotatable bonds is 6. The smallest absolute Gasteiger partial charge is 0.356 e. The molecule has 1 heterocycles. The number of carboxylic acids is 1. The number of hydrogen-bond acceptors (Lipinski definition) is 5. The molecule has 6 nitrogen and oxygen atoms in total. The Morgan fingerprint density at radius 3 is 2.62 bits per heavy atom. The molecule has 0 aromatic carbocycles. The van der Waals surface area contributed by atoms with Crippen LogP contribution < -0.4 is 5.32 Å². The van der Waals surface area contributed by atoms with Crippen molar-refractivity contribution in [3.8, 4) is 0 Å². The summed E-state index contributed by atoms with van der Waals surface area (Å²) in [7, 11) is 0. The summed E-state index contributed by atoms with van der Waals surface area (Å²) in [4.78, 5) is 18.5. The molecule has 0 aliphatic heterocycles. The highest BCUT2D eigenvalue weighted by Crippen LogP contribution is 2.34. The van der Waals surface area contributed by atoms with Crippen LogP contribution >= 0.6 is 0 Å². The van der Waals surface area contributed by atoms with Gasteiger partial charge in [0.05, 0.1) is 24.1 Å². The van der Waals surface area contributed by atoms with Gasteiger partial charge in [0, 0.05) is 6.54 Å². The normalized spacial score (nSPS) is 21.7. The maximum absolute atomic E-state index is 10.7. The SMILES string of the molecule is CC(C)(C)OC1CC(CCNc2cnc(C(=O)O)cn2)C1. The number of hydrogen-bond donors (Lipinski definition) is 2. The van der Waals surface area contributed by atoms with E-state index >= 15 is 0 Å². The summed E-state index contributed by atoms with van der Waals surface area (Å²) in [5.41, 5.74) is -0.100. The fraction of sp³-hybridized carbons (Fsp3) is 0.667. The van der Waals surface area contributed by atoms with Gasteiger partial charge in [0.15, 0.2) is 5.69 Å². The number of aromatic carboxylic acids is 1. The van der Waals surface area contributed by atoms with E-state index in [1.54, 1.807) is 0 Å². The lowest BCUT2D eigenvalue weighted by Gasteiger charge is -2.39. The molecule has 0 spiro atoms. The topological polar surface area (TPSA) is 84.3 Å². The van der Waals surface area contributed by atoms with Crippen molar-refractivity contribution in [1.29, 1.82) is 0 Å². The number of aromatic nitrogens is 2. The minimum atomic E-state index is -1.06. The number of ether oxygens (including phenoxy) is 1. The molecule has 116 valence electrons. The van der Waals surface area contributed by atoms with Gasteiger partial charge in [-0.05, 0) is 46.0 Å². The van der Waals surface area contributed by atoms with E-state index in [0.29, 0.717) is 17.8 Å². The van der Waals surface area contributed by atoms with Crippen molar-refractivity contribution in [2.45, 2.75) is 51.7 Å². The fourth-order valence-electron chi connectivity index (χ4n) is 2.44. The molecule has 1 saturated carbocycles. The third-order valence-corrected chi connectivity index (χ3v) is 3.44. The maximum Gasteiger partial charge on any atom is 0.356 e. The van der Waals surface area contributed by atoms with Gasteiger partial charge in [0.2, 0.25) is 0 Å². The summed E-state index contributed by atoms with van der Waals surface area (Å²) in [6.45, 7) is 7.07. The number of anilines is 1. The van der Waals surface area contributed by atoms with Crippen LogP contribution in [0.3, 0.4) is 0 Å². The van der Waals surface area contributed by atoms with E-state index in [2.05, 4.69) is 36.1 Å². The van der Waals surface area contributed by atoms with E-state index in [4.69, 9.17) is 9.84 Å². The van der Waals surface area contributed by atoms with Gasteiger partial charge in [-0.1, -0.05) is 0 Å². The Labute approximate surface area is 124 Å². The largest absolute Gasteiger partial charge is 0.476 e. The molecule has 2 rings (SSSR count). The van der Waals surface area contributed by atoms with Crippen LogP contribution in [0, 0.1) is 5.92 Å². The highest BCUT2D eigenvalue weighted by Gasteiger charge is 2.32. The predicted octanol–water partition coefficient (Wildman–Crippen LogP) is 2.57. The minimum absolute atomic E-state index is 0.0401. The second kappa shape index (κ2) is 6.39. The van der Waals surface area contributed by atoms with Gasteiger partial charge in [-0.3, -0.25) is 0 Å². The Balaban J connectivity index is 1.64. The van der Waals surface area contributed by atoms with Crippen molar-refractivity contribution < 1.29 is 14.6 Å². The van der Waals surface area contributed by atoms with E-state index in [0.717, 1.165) is 25.8 Å². The molecule has 2 N–H and O–H groups in total. The lowest BCUT2D eigenvalue weighted by atomic mass is 9.79. The first-order chi connectivity index (χ1) is 9.83. The Morgan fingerprint density at radius 2 is 2.10 bits per heavy atom. The van der Waals surface area contributed by atoms with Crippen LogP contribution in [0.1, 0.15) is 50.5 Å². The molecule has 1 aliphatic carbocycles. The first kappa shape index (κ1) is 15.7. The van der Waals surface area contributed by atoms with Crippen molar-refractivity contribution in [1.82, 2.24) is 9.97 Å². The lowest BCUT2D eigenvalue weighted by molar-refractivity contribution is -0.112. The highest BCUT2D eigenvalue weighted by atomic mass is 16.5. The molecule has 0 amide bonds. The van der Waals surface area contributed by atoms with E-state index in [-0.39, 0.29) is 11.3 Å². The zero-order valence-corrected chi connectivity index (χ0v) is 12.8. The quantitative estimate of drug-likeness (QED) is 0.838. The maximum atomic E-state index is 10.7. The lowest BCUT2D eigenvalue weighted by Crippen LogP contribution is -2.38. The zero-order valence-electron chi connectivity index (χ0n) is 12.8. The molecule has 0 bridgehead atoms. The molecule has 0 radical (unpaired) electrons. The van der Waals surface area contributed by atoms with Gasteiger partial charge in [0.1, 0.15) is 5.82 Å². The summed E-state index contributed by atoms with van der Waals surface area (Å²) < 4.78 is 5.91. The van der Waals surface area contributed by atoms with Gasteiger partial charge in [-0.15, -0.1) is 0 Å². The predicted molar refractivity (Wildman–Crippen MR) is 79.4 cm³/mol. The van der Waals surface area contributed by atoms with Gasteiger partial charge >= 0.3 is 5.97 Å². The molecule has 1 fully saturated rings. The number of nitrogens with one attached hydrogen (secondary N) is 1. The monoisotopic (exact) mass is 293 g/mol. The first-order valence-electron chi connectivity index (χ1n) is 7.30. The van der Waals surface area contributed by atoms with Crippen molar-refractivity contribution in [3.63, 3.8) is 0 Å². The molecule has 0 unspecified atom stereocenters. The second-order valence-electron chi connectivity index (χ2n) is 6.50. The molecular weight excluding hydrogens is 270 g/mol. The third kappa shape index (κ3) is 4.97. The average molecular weight is 293 g/mol. The Kier molecular flexibility index (Phi) is 4.77. The fourth-order valence-corrected chi connectivity index (χ4v) is 2.44. The van der Waals surface area contributed by atoms with Gasteiger partial charge in [-0.2, -0.15) is 0 Å². The number of carboxylic acid groups (broad SMARTS) is 1. The molecule has 21 heavy (non-hydrogen) atoms. The molecule has 1 aromatic rings. The molecule has 0 atom stereocenters. The van der Waals surface area contributed by atoms with Crippen LogP contribution in [-0.2, 0) is 4.74 Å². The summed E-state index contributed by atoms with van der Waals surface area (Å²) >= 11 is 0. The summed E-state index contributed by atoms with van der Waals surface area (Å²) in [6.07, 6.45) is 6.40. The van der Waals surface area contributed by atoms with Crippen LogP contribution in [0.4, 0.5) is 5.82 Å². The molecule has 1 aliphatic rings.